The molecule has 0 saturated heterocycles. The first-order valence-corrected chi connectivity index (χ1v) is 5.29. The van der Waals surface area contributed by atoms with Crippen molar-refractivity contribution in [1.29, 1.82) is 0 Å². The molecule has 0 amide bonds. The molecule has 1 N–H and O–H groups in total. The maximum Gasteiger partial charge on any atom is 0.115 e. The van der Waals surface area contributed by atoms with Gasteiger partial charge in [0, 0.05) is 31.1 Å². The lowest BCUT2D eigenvalue weighted by Crippen LogP contribution is -2.25. The van der Waals surface area contributed by atoms with E-state index in [0.717, 1.165) is 18.5 Å². The van der Waals surface area contributed by atoms with Crippen molar-refractivity contribution in [1.82, 2.24) is 15.3 Å². The van der Waals surface area contributed by atoms with Gasteiger partial charge in [-0.05, 0) is 19.9 Å². The molecule has 2 unspecified atom stereocenters. The predicted octanol–water partition coefficient (Wildman–Crippen LogP) is 1.55. The molecule has 1 rings (SSSR count). The summed E-state index contributed by atoms with van der Waals surface area (Å²) in [5.74, 6) is 0. The van der Waals surface area contributed by atoms with E-state index in [-0.39, 0.29) is 12.1 Å². The van der Waals surface area contributed by atoms with E-state index in [1.165, 1.54) is 0 Å². The van der Waals surface area contributed by atoms with Crippen molar-refractivity contribution >= 4 is 0 Å². The molecule has 15 heavy (non-hydrogen) atoms. The number of hydrogen-bond acceptors (Lipinski definition) is 4. The summed E-state index contributed by atoms with van der Waals surface area (Å²) in [4.78, 5) is 8.06. The van der Waals surface area contributed by atoms with Crippen LogP contribution in [0.2, 0.25) is 0 Å². The summed E-state index contributed by atoms with van der Waals surface area (Å²) in [6, 6.07) is 0.270. The summed E-state index contributed by atoms with van der Waals surface area (Å²) in [6.45, 7) is 5.08. The fourth-order valence-corrected chi connectivity index (χ4v) is 1.50. The average molecular weight is 209 g/mol. The first-order chi connectivity index (χ1) is 7.27. The standard InChI is InChI=1S/C11H19N3O/c1-4-14-11(5-9(2)15-3)10-6-12-8-13-7-10/h6-9,11,14H,4-5H2,1-3H3. The van der Waals surface area contributed by atoms with Crippen molar-refractivity contribution in [3.8, 4) is 0 Å². The summed E-state index contributed by atoms with van der Waals surface area (Å²) < 4.78 is 5.27. The fourth-order valence-electron chi connectivity index (χ4n) is 1.50. The summed E-state index contributed by atoms with van der Waals surface area (Å²) in [7, 11) is 1.73. The lowest BCUT2D eigenvalue weighted by Gasteiger charge is -2.20. The summed E-state index contributed by atoms with van der Waals surface area (Å²) in [5, 5.41) is 3.40. The Morgan fingerprint density at radius 2 is 2.07 bits per heavy atom. The highest BCUT2D eigenvalue weighted by Crippen LogP contribution is 2.17. The highest BCUT2D eigenvalue weighted by molar-refractivity contribution is 5.09. The number of ether oxygens (including phenoxy) is 1. The van der Waals surface area contributed by atoms with Gasteiger partial charge in [-0.2, -0.15) is 0 Å². The first kappa shape index (κ1) is 12.1. The Hall–Kier alpha value is -1.00. The second-order valence-corrected chi connectivity index (χ2v) is 3.56. The summed E-state index contributed by atoms with van der Waals surface area (Å²) in [6.07, 6.45) is 6.41. The zero-order valence-electron chi connectivity index (χ0n) is 9.60. The van der Waals surface area contributed by atoms with Crippen molar-refractivity contribution in [2.45, 2.75) is 32.4 Å². The molecule has 4 heteroatoms. The van der Waals surface area contributed by atoms with Gasteiger partial charge >= 0.3 is 0 Å². The van der Waals surface area contributed by atoms with Gasteiger partial charge in [0.05, 0.1) is 6.10 Å². The summed E-state index contributed by atoms with van der Waals surface area (Å²) in [5.41, 5.74) is 1.11. The van der Waals surface area contributed by atoms with Crippen molar-refractivity contribution in [2.75, 3.05) is 13.7 Å². The number of hydrogen-bond donors (Lipinski definition) is 1. The second-order valence-electron chi connectivity index (χ2n) is 3.56. The van der Waals surface area contributed by atoms with Crippen LogP contribution in [-0.4, -0.2) is 29.7 Å². The number of nitrogens with zero attached hydrogens (tertiary/aromatic N) is 2. The largest absolute Gasteiger partial charge is 0.382 e. The third-order valence-corrected chi connectivity index (χ3v) is 2.40. The maximum absolute atomic E-state index is 5.27. The molecule has 1 aromatic rings. The molecule has 0 saturated carbocycles. The highest BCUT2D eigenvalue weighted by atomic mass is 16.5. The molecule has 0 bridgehead atoms. The molecule has 0 fully saturated rings. The molecule has 84 valence electrons. The quantitative estimate of drug-likeness (QED) is 0.772. The number of aromatic nitrogens is 2. The third-order valence-electron chi connectivity index (χ3n) is 2.40. The Morgan fingerprint density at radius 3 is 2.60 bits per heavy atom. The van der Waals surface area contributed by atoms with Crippen LogP contribution in [0.15, 0.2) is 18.7 Å². The molecule has 2 atom stereocenters. The van der Waals surface area contributed by atoms with E-state index in [2.05, 4.69) is 29.1 Å². The molecule has 0 radical (unpaired) electrons. The van der Waals surface area contributed by atoms with Crippen molar-refractivity contribution in [2.24, 2.45) is 0 Å². The Kier molecular flexibility index (Phi) is 5.21. The van der Waals surface area contributed by atoms with Crippen molar-refractivity contribution in [3.05, 3.63) is 24.3 Å². The molecule has 1 heterocycles. The highest BCUT2D eigenvalue weighted by Gasteiger charge is 2.14. The van der Waals surface area contributed by atoms with Crippen LogP contribution in [-0.2, 0) is 4.74 Å². The fraction of sp³-hybridized carbons (Fsp3) is 0.636. The van der Waals surface area contributed by atoms with Crippen LogP contribution in [0.3, 0.4) is 0 Å². The first-order valence-electron chi connectivity index (χ1n) is 5.29. The van der Waals surface area contributed by atoms with Gasteiger partial charge in [-0.25, -0.2) is 9.97 Å². The number of methoxy groups -OCH3 is 1. The lowest BCUT2D eigenvalue weighted by atomic mass is 10.0. The van der Waals surface area contributed by atoms with Gasteiger partial charge in [0.25, 0.3) is 0 Å². The minimum Gasteiger partial charge on any atom is -0.382 e. The number of nitrogens with one attached hydrogen (secondary N) is 1. The van der Waals surface area contributed by atoms with Gasteiger partial charge in [-0.15, -0.1) is 0 Å². The smallest absolute Gasteiger partial charge is 0.115 e. The lowest BCUT2D eigenvalue weighted by molar-refractivity contribution is 0.100. The monoisotopic (exact) mass is 209 g/mol. The third kappa shape index (κ3) is 3.93. The van der Waals surface area contributed by atoms with Crippen LogP contribution in [0, 0.1) is 0 Å². The molecule has 0 spiro atoms. The second kappa shape index (κ2) is 6.48. The minimum absolute atomic E-state index is 0.231. The summed E-state index contributed by atoms with van der Waals surface area (Å²) >= 11 is 0. The van der Waals surface area contributed by atoms with E-state index in [1.807, 2.05) is 12.4 Å². The molecule has 0 aliphatic carbocycles. The van der Waals surface area contributed by atoms with E-state index in [4.69, 9.17) is 4.74 Å². The van der Waals surface area contributed by atoms with Crippen LogP contribution in [0.25, 0.3) is 0 Å². The van der Waals surface area contributed by atoms with E-state index in [1.54, 1.807) is 13.4 Å². The van der Waals surface area contributed by atoms with Gasteiger partial charge in [0.2, 0.25) is 0 Å². The van der Waals surface area contributed by atoms with Crippen LogP contribution >= 0.6 is 0 Å². The predicted molar refractivity (Wildman–Crippen MR) is 59.5 cm³/mol. The van der Waals surface area contributed by atoms with Gasteiger partial charge in [-0.1, -0.05) is 6.92 Å². The van der Waals surface area contributed by atoms with Crippen LogP contribution in [0.1, 0.15) is 31.9 Å². The Bertz CT molecular complexity index is 266. The van der Waals surface area contributed by atoms with Gasteiger partial charge < -0.3 is 10.1 Å². The van der Waals surface area contributed by atoms with Crippen LogP contribution < -0.4 is 5.32 Å². The van der Waals surface area contributed by atoms with E-state index < -0.39 is 0 Å². The van der Waals surface area contributed by atoms with Crippen LogP contribution in [0.4, 0.5) is 0 Å². The molecular formula is C11H19N3O. The van der Waals surface area contributed by atoms with Crippen molar-refractivity contribution < 1.29 is 4.74 Å². The van der Waals surface area contributed by atoms with E-state index in [0.29, 0.717) is 0 Å². The molecule has 0 aromatic carbocycles. The minimum atomic E-state index is 0.231. The van der Waals surface area contributed by atoms with Gasteiger partial charge in [-0.3, -0.25) is 0 Å². The van der Waals surface area contributed by atoms with E-state index >= 15 is 0 Å². The normalized spacial score (nSPS) is 14.9. The topological polar surface area (TPSA) is 47.0 Å². The molecule has 1 aromatic heterocycles. The van der Waals surface area contributed by atoms with Gasteiger partial charge in [0.1, 0.15) is 6.33 Å². The SMILES string of the molecule is CCNC(CC(C)OC)c1cncnc1. The maximum atomic E-state index is 5.27. The Balaban J connectivity index is 2.65. The number of rotatable bonds is 6. The zero-order chi connectivity index (χ0) is 11.1. The molecular weight excluding hydrogens is 190 g/mol. The van der Waals surface area contributed by atoms with E-state index in [9.17, 15) is 0 Å². The Labute approximate surface area is 91.1 Å². The van der Waals surface area contributed by atoms with Gasteiger partial charge in [0.15, 0.2) is 0 Å². The average Bonchev–Trinajstić information content (AvgIpc) is 2.29. The molecule has 4 nitrogen and oxygen atoms in total. The molecule has 0 aliphatic rings. The van der Waals surface area contributed by atoms with Crippen molar-refractivity contribution in [3.63, 3.8) is 0 Å². The zero-order valence-corrected chi connectivity index (χ0v) is 9.60. The Morgan fingerprint density at radius 1 is 1.40 bits per heavy atom. The van der Waals surface area contributed by atoms with Crippen LogP contribution in [0.5, 0.6) is 0 Å². The molecule has 0 aliphatic heterocycles.